The molecule has 3 fully saturated rings. The number of ether oxygens (including phenoxy) is 1. The molecule has 1 aromatic heterocycles. The van der Waals surface area contributed by atoms with E-state index in [0.29, 0.717) is 30.2 Å². The third-order valence-electron chi connectivity index (χ3n) is 5.85. The molecule has 2 aliphatic carbocycles. The zero-order valence-electron chi connectivity index (χ0n) is 15.0. The standard InChI is InChI=1S/C19H29N3O3/c23-18(12-14-4-2-1-3-5-14)22-10-8-16(9-11-22)24-13-17-20-19(21-25-17)15-6-7-15/h14-16H,1-13H2. The summed E-state index contributed by atoms with van der Waals surface area (Å²) >= 11 is 0. The van der Waals surface area contributed by atoms with Gasteiger partial charge in [0.15, 0.2) is 5.82 Å². The highest BCUT2D eigenvalue weighted by Crippen LogP contribution is 2.38. The van der Waals surface area contributed by atoms with Crippen molar-refractivity contribution in [1.82, 2.24) is 15.0 Å². The van der Waals surface area contributed by atoms with Crippen LogP contribution in [0.3, 0.4) is 0 Å². The van der Waals surface area contributed by atoms with Gasteiger partial charge in [0.1, 0.15) is 6.61 Å². The van der Waals surface area contributed by atoms with Crippen LogP contribution in [0.2, 0.25) is 0 Å². The van der Waals surface area contributed by atoms with Gasteiger partial charge in [-0.25, -0.2) is 0 Å². The molecule has 0 radical (unpaired) electrons. The molecule has 4 rings (SSSR count). The predicted molar refractivity (Wildman–Crippen MR) is 91.9 cm³/mol. The molecule has 6 nitrogen and oxygen atoms in total. The molecule has 0 atom stereocenters. The lowest BCUT2D eigenvalue weighted by molar-refractivity contribution is -0.135. The monoisotopic (exact) mass is 347 g/mol. The highest BCUT2D eigenvalue weighted by Gasteiger charge is 2.29. The Kier molecular flexibility index (Phi) is 5.34. The zero-order valence-corrected chi connectivity index (χ0v) is 15.0. The highest BCUT2D eigenvalue weighted by molar-refractivity contribution is 5.76. The van der Waals surface area contributed by atoms with Crippen LogP contribution in [0.5, 0.6) is 0 Å². The van der Waals surface area contributed by atoms with Crippen LogP contribution in [0.25, 0.3) is 0 Å². The summed E-state index contributed by atoms with van der Waals surface area (Å²) in [6.07, 6.45) is 11.5. The van der Waals surface area contributed by atoms with Crippen LogP contribution in [-0.2, 0) is 16.1 Å². The van der Waals surface area contributed by atoms with Gasteiger partial charge in [0.05, 0.1) is 6.10 Å². The quantitative estimate of drug-likeness (QED) is 0.788. The third-order valence-corrected chi connectivity index (χ3v) is 5.85. The Balaban J connectivity index is 1.16. The smallest absolute Gasteiger partial charge is 0.252 e. The Morgan fingerprint density at radius 1 is 1.08 bits per heavy atom. The first kappa shape index (κ1) is 17.0. The molecule has 2 heterocycles. The molecule has 3 aliphatic rings. The fourth-order valence-corrected chi connectivity index (χ4v) is 4.06. The van der Waals surface area contributed by atoms with Crippen molar-refractivity contribution in [2.24, 2.45) is 5.92 Å². The first-order valence-corrected chi connectivity index (χ1v) is 10.00. The van der Waals surface area contributed by atoms with Crippen molar-refractivity contribution >= 4 is 5.91 Å². The molecule has 0 aromatic carbocycles. The van der Waals surface area contributed by atoms with Crippen LogP contribution in [0.4, 0.5) is 0 Å². The molecular weight excluding hydrogens is 318 g/mol. The van der Waals surface area contributed by atoms with Gasteiger partial charge in [0.2, 0.25) is 5.91 Å². The zero-order chi connectivity index (χ0) is 17.1. The lowest BCUT2D eigenvalue weighted by atomic mass is 9.86. The maximum absolute atomic E-state index is 12.5. The van der Waals surface area contributed by atoms with E-state index >= 15 is 0 Å². The number of carbonyl (C=O) groups excluding carboxylic acids is 1. The van der Waals surface area contributed by atoms with Crippen LogP contribution in [0, 0.1) is 5.92 Å². The number of aromatic nitrogens is 2. The van der Waals surface area contributed by atoms with Gasteiger partial charge in [-0.3, -0.25) is 4.79 Å². The number of hydrogen-bond acceptors (Lipinski definition) is 5. The molecule has 0 bridgehead atoms. The molecule has 2 saturated carbocycles. The Morgan fingerprint density at radius 3 is 2.56 bits per heavy atom. The first-order valence-electron chi connectivity index (χ1n) is 10.00. The normalized spacial score (nSPS) is 23.1. The van der Waals surface area contributed by atoms with E-state index in [0.717, 1.165) is 38.2 Å². The van der Waals surface area contributed by atoms with E-state index in [1.54, 1.807) is 0 Å². The molecule has 25 heavy (non-hydrogen) atoms. The van der Waals surface area contributed by atoms with E-state index in [4.69, 9.17) is 9.26 Å². The maximum Gasteiger partial charge on any atom is 0.252 e. The Bertz CT molecular complexity index is 570. The van der Waals surface area contributed by atoms with E-state index in [1.807, 2.05) is 4.90 Å². The lowest BCUT2D eigenvalue weighted by Crippen LogP contribution is -2.41. The number of hydrogen-bond donors (Lipinski definition) is 0. The van der Waals surface area contributed by atoms with Gasteiger partial charge in [-0.2, -0.15) is 4.98 Å². The summed E-state index contributed by atoms with van der Waals surface area (Å²) in [4.78, 5) is 18.9. The summed E-state index contributed by atoms with van der Waals surface area (Å²) < 4.78 is 11.2. The van der Waals surface area contributed by atoms with Crippen molar-refractivity contribution in [2.45, 2.75) is 82.8 Å². The summed E-state index contributed by atoms with van der Waals surface area (Å²) in [6.45, 7) is 2.02. The largest absolute Gasteiger partial charge is 0.368 e. The minimum atomic E-state index is 0.190. The van der Waals surface area contributed by atoms with Gasteiger partial charge in [-0.05, 0) is 44.4 Å². The molecule has 0 spiro atoms. The fourth-order valence-electron chi connectivity index (χ4n) is 4.06. The van der Waals surface area contributed by atoms with Crippen molar-refractivity contribution in [3.8, 4) is 0 Å². The van der Waals surface area contributed by atoms with Crippen molar-refractivity contribution in [2.75, 3.05) is 13.1 Å². The van der Waals surface area contributed by atoms with Crippen molar-refractivity contribution < 1.29 is 14.1 Å². The van der Waals surface area contributed by atoms with Gasteiger partial charge in [0.25, 0.3) is 5.89 Å². The van der Waals surface area contributed by atoms with Crippen molar-refractivity contribution in [3.05, 3.63) is 11.7 Å². The molecule has 138 valence electrons. The van der Waals surface area contributed by atoms with Gasteiger partial charge in [-0.15, -0.1) is 0 Å². The minimum Gasteiger partial charge on any atom is -0.368 e. The number of amides is 1. The molecule has 0 N–H and O–H groups in total. The van der Waals surface area contributed by atoms with Crippen molar-refractivity contribution in [1.29, 1.82) is 0 Å². The van der Waals surface area contributed by atoms with Crippen LogP contribution in [0.15, 0.2) is 4.52 Å². The second-order valence-corrected chi connectivity index (χ2v) is 7.92. The molecule has 1 amide bonds. The van der Waals surface area contributed by atoms with Crippen LogP contribution in [-0.4, -0.2) is 40.1 Å². The summed E-state index contributed by atoms with van der Waals surface area (Å²) in [5.74, 6) is 2.89. The molecule has 1 aromatic rings. The highest BCUT2D eigenvalue weighted by atomic mass is 16.5. The maximum atomic E-state index is 12.5. The van der Waals surface area contributed by atoms with Gasteiger partial charge < -0.3 is 14.2 Å². The van der Waals surface area contributed by atoms with Crippen LogP contribution < -0.4 is 0 Å². The summed E-state index contributed by atoms with van der Waals surface area (Å²) in [5, 5.41) is 4.01. The Labute approximate surface area is 149 Å². The van der Waals surface area contributed by atoms with E-state index < -0.39 is 0 Å². The number of piperidine rings is 1. The SMILES string of the molecule is O=C(CC1CCCCC1)N1CCC(OCc2nc(C3CC3)no2)CC1. The van der Waals surface area contributed by atoms with Gasteiger partial charge in [-0.1, -0.05) is 24.4 Å². The topological polar surface area (TPSA) is 68.5 Å². The summed E-state index contributed by atoms with van der Waals surface area (Å²) in [5.41, 5.74) is 0. The fraction of sp³-hybridized carbons (Fsp3) is 0.842. The molecular formula is C19H29N3O3. The molecule has 6 heteroatoms. The predicted octanol–water partition coefficient (Wildman–Crippen LogP) is 3.43. The van der Waals surface area contributed by atoms with Crippen LogP contribution in [0.1, 0.15) is 81.8 Å². The second kappa shape index (κ2) is 7.85. The molecule has 1 aliphatic heterocycles. The Morgan fingerprint density at radius 2 is 1.84 bits per heavy atom. The Hall–Kier alpha value is -1.43. The van der Waals surface area contributed by atoms with Crippen molar-refractivity contribution in [3.63, 3.8) is 0 Å². The average Bonchev–Trinajstić information content (AvgIpc) is 3.39. The first-order chi connectivity index (χ1) is 12.3. The molecule has 1 saturated heterocycles. The minimum absolute atomic E-state index is 0.190. The number of likely N-dealkylation sites (tertiary alicyclic amines) is 1. The number of carbonyl (C=O) groups is 1. The van der Waals surface area contributed by atoms with E-state index in [9.17, 15) is 4.79 Å². The summed E-state index contributed by atoms with van der Waals surface area (Å²) in [7, 11) is 0. The third kappa shape index (κ3) is 4.60. The molecule has 0 unspecified atom stereocenters. The van der Waals surface area contributed by atoms with E-state index in [2.05, 4.69) is 10.1 Å². The second-order valence-electron chi connectivity index (χ2n) is 7.92. The van der Waals surface area contributed by atoms with Gasteiger partial charge >= 0.3 is 0 Å². The number of nitrogens with zero attached hydrogens (tertiary/aromatic N) is 3. The number of rotatable bonds is 6. The average molecular weight is 347 g/mol. The van der Waals surface area contributed by atoms with E-state index in [1.165, 1.54) is 44.9 Å². The summed E-state index contributed by atoms with van der Waals surface area (Å²) in [6, 6.07) is 0. The van der Waals surface area contributed by atoms with Crippen LogP contribution >= 0.6 is 0 Å². The van der Waals surface area contributed by atoms with E-state index in [-0.39, 0.29) is 6.10 Å². The van der Waals surface area contributed by atoms with Gasteiger partial charge in [0, 0.05) is 25.4 Å². The lowest BCUT2D eigenvalue weighted by Gasteiger charge is -2.33.